The van der Waals surface area contributed by atoms with Gasteiger partial charge in [-0.1, -0.05) is 30.2 Å². The fraction of sp³-hybridized carbons (Fsp3) is 0.522. The second-order valence-corrected chi connectivity index (χ2v) is 7.21. The molecule has 0 aliphatic heterocycles. The monoisotopic (exact) mass is 358 g/mol. The molecule has 0 N–H and O–H groups in total. The van der Waals surface area contributed by atoms with E-state index in [4.69, 9.17) is 9.47 Å². The van der Waals surface area contributed by atoms with Crippen LogP contribution >= 0.6 is 0 Å². The molecule has 1 atom stereocenters. The normalized spacial score (nSPS) is 12.4. The molecule has 144 valence electrons. The summed E-state index contributed by atoms with van der Waals surface area (Å²) in [5.41, 5.74) is 3.41. The number of ether oxygens (including phenoxy) is 2. The van der Waals surface area contributed by atoms with Crippen LogP contribution in [0.3, 0.4) is 0 Å². The SMILES string of the molecule is COc1ccc(C(=O)OCC[C@@H](C)CC/C=C(\C)CCC=C(C)C)cc1. The first-order valence-electron chi connectivity index (χ1n) is 9.52. The van der Waals surface area contributed by atoms with Gasteiger partial charge < -0.3 is 9.47 Å². The highest BCUT2D eigenvalue weighted by atomic mass is 16.5. The Balaban J connectivity index is 2.22. The minimum absolute atomic E-state index is 0.269. The van der Waals surface area contributed by atoms with Crippen LogP contribution in [0.5, 0.6) is 5.75 Å². The molecule has 0 aliphatic rings. The summed E-state index contributed by atoms with van der Waals surface area (Å²) in [6, 6.07) is 7.00. The van der Waals surface area contributed by atoms with Gasteiger partial charge in [0.2, 0.25) is 0 Å². The van der Waals surface area contributed by atoms with E-state index in [9.17, 15) is 4.79 Å². The van der Waals surface area contributed by atoms with E-state index < -0.39 is 0 Å². The molecule has 3 heteroatoms. The Kier molecular flexibility index (Phi) is 10.5. The van der Waals surface area contributed by atoms with Gasteiger partial charge in [0.1, 0.15) is 5.75 Å². The van der Waals surface area contributed by atoms with E-state index in [0.29, 0.717) is 18.1 Å². The summed E-state index contributed by atoms with van der Waals surface area (Å²) in [7, 11) is 1.61. The van der Waals surface area contributed by atoms with Crippen molar-refractivity contribution in [1.29, 1.82) is 0 Å². The minimum Gasteiger partial charge on any atom is -0.497 e. The maximum absolute atomic E-state index is 12.0. The summed E-state index contributed by atoms with van der Waals surface area (Å²) in [6.45, 7) is 9.17. The highest BCUT2D eigenvalue weighted by Gasteiger charge is 2.08. The van der Waals surface area contributed by atoms with Crippen LogP contribution in [0.2, 0.25) is 0 Å². The van der Waals surface area contributed by atoms with Crippen LogP contribution in [-0.2, 0) is 4.74 Å². The Morgan fingerprint density at radius 2 is 1.73 bits per heavy atom. The number of rotatable bonds is 11. The molecule has 0 fully saturated rings. The first kappa shape index (κ1) is 22.0. The molecule has 1 aromatic carbocycles. The molecule has 26 heavy (non-hydrogen) atoms. The van der Waals surface area contributed by atoms with Gasteiger partial charge in [-0.15, -0.1) is 0 Å². The number of allylic oxidation sites excluding steroid dienone is 4. The van der Waals surface area contributed by atoms with Gasteiger partial charge in [-0.25, -0.2) is 4.79 Å². The van der Waals surface area contributed by atoms with Crippen molar-refractivity contribution in [1.82, 2.24) is 0 Å². The maximum Gasteiger partial charge on any atom is 0.338 e. The number of benzene rings is 1. The first-order chi connectivity index (χ1) is 12.4. The Morgan fingerprint density at radius 1 is 1.04 bits per heavy atom. The lowest BCUT2D eigenvalue weighted by molar-refractivity contribution is 0.0484. The van der Waals surface area contributed by atoms with Crippen molar-refractivity contribution in [2.45, 2.75) is 59.8 Å². The fourth-order valence-corrected chi connectivity index (χ4v) is 2.61. The molecule has 0 saturated carbocycles. The van der Waals surface area contributed by atoms with Gasteiger partial charge in [0.05, 0.1) is 19.3 Å². The maximum atomic E-state index is 12.0. The molecule has 0 bridgehead atoms. The largest absolute Gasteiger partial charge is 0.497 e. The van der Waals surface area contributed by atoms with E-state index in [1.165, 1.54) is 11.1 Å². The summed E-state index contributed by atoms with van der Waals surface area (Å²) >= 11 is 0. The lowest BCUT2D eigenvalue weighted by atomic mass is 10.0. The average molecular weight is 359 g/mol. The van der Waals surface area contributed by atoms with E-state index in [1.54, 1.807) is 31.4 Å². The lowest BCUT2D eigenvalue weighted by Gasteiger charge is -2.11. The molecule has 0 unspecified atom stereocenters. The van der Waals surface area contributed by atoms with Gasteiger partial charge in [0.15, 0.2) is 0 Å². The van der Waals surface area contributed by atoms with Crippen LogP contribution in [0.4, 0.5) is 0 Å². The predicted octanol–water partition coefficient (Wildman–Crippen LogP) is 6.35. The average Bonchev–Trinajstić information content (AvgIpc) is 2.61. The molecule has 0 spiro atoms. The zero-order valence-corrected chi connectivity index (χ0v) is 17.0. The zero-order chi connectivity index (χ0) is 19.4. The van der Waals surface area contributed by atoms with Crippen molar-refractivity contribution in [3.8, 4) is 5.75 Å². The summed E-state index contributed by atoms with van der Waals surface area (Å²) in [5, 5.41) is 0. The highest BCUT2D eigenvalue weighted by Crippen LogP contribution is 2.15. The summed E-state index contributed by atoms with van der Waals surface area (Å²) < 4.78 is 10.5. The van der Waals surface area contributed by atoms with Crippen LogP contribution in [0.25, 0.3) is 0 Å². The predicted molar refractivity (Wildman–Crippen MR) is 109 cm³/mol. The number of hydrogen-bond donors (Lipinski definition) is 0. The molecule has 3 nitrogen and oxygen atoms in total. The van der Waals surface area contributed by atoms with Crippen molar-refractivity contribution < 1.29 is 14.3 Å². The number of hydrogen-bond acceptors (Lipinski definition) is 3. The highest BCUT2D eigenvalue weighted by molar-refractivity contribution is 5.89. The summed E-state index contributed by atoms with van der Waals surface area (Å²) in [6.07, 6.45) is 10.0. The molecule has 0 aromatic heterocycles. The van der Waals surface area contributed by atoms with Crippen LogP contribution in [-0.4, -0.2) is 19.7 Å². The van der Waals surface area contributed by atoms with Crippen molar-refractivity contribution >= 4 is 5.97 Å². The molecule has 0 saturated heterocycles. The van der Waals surface area contributed by atoms with Crippen LogP contribution in [0.1, 0.15) is 70.2 Å². The lowest BCUT2D eigenvalue weighted by Crippen LogP contribution is -2.09. The van der Waals surface area contributed by atoms with E-state index in [1.807, 2.05) is 0 Å². The van der Waals surface area contributed by atoms with Gasteiger partial charge in [0, 0.05) is 0 Å². The standard InChI is InChI=1S/C23H34O3/c1-18(2)8-6-9-19(3)10-7-11-20(4)16-17-26-23(24)21-12-14-22(25-5)15-13-21/h8,10,12-15,20H,6-7,9,11,16-17H2,1-5H3/b19-10+/t20-/m0/s1. The molecular weight excluding hydrogens is 324 g/mol. The Labute approximate surface area is 159 Å². The van der Waals surface area contributed by atoms with Crippen molar-refractivity contribution in [3.63, 3.8) is 0 Å². The third kappa shape index (κ3) is 9.45. The van der Waals surface area contributed by atoms with Crippen molar-refractivity contribution in [3.05, 3.63) is 53.1 Å². The topological polar surface area (TPSA) is 35.5 Å². The summed E-state index contributed by atoms with van der Waals surface area (Å²) in [4.78, 5) is 12.0. The van der Waals surface area contributed by atoms with Crippen molar-refractivity contribution in [2.24, 2.45) is 5.92 Å². The van der Waals surface area contributed by atoms with E-state index in [0.717, 1.165) is 37.9 Å². The van der Waals surface area contributed by atoms with Gasteiger partial charge in [0.25, 0.3) is 0 Å². The number of esters is 1. The molecular formula is C23H34O3. The number of methoxy groups -OCH3 is 1. The van der Waals surface area contributed by atoms with E-state index in [-0.39, 0.29) is 5.97 Å². The second kappa shape index (κ2) is 12.3. The molecule has 0 heterocycles. The molecule has 0 radical (unpaired) electrons. The van der Waals surface area contributed by atoms with Gasteiger partial charge in [-0.2, -0.15) is 0 Å². The van der Waals surface area contributed by atoms with Crippen molar-refractivity contribution in [2.75, 3.05) is 13.7 Å². The quantitative estimate of drug-likeness (QED) is 0.341. The van der Waals surface area contributed by atoms with Gasteiger partial charge in [-0.3, -0.25) is 0 Å². The van der Waals surface area contributed by atoms with Gasteiger partial charge >= 0.3 is 5.97 Å². The summed E-state index contributed by atoms with van der Waals surface area (Å²) in [5.74, 6) is 1.01. The minimum atomic E-state index is -0.269. The Bertz CT molecular complexity index is 592. The molecule has 0 aliphatic carbocycles. The van der Waals surface area contributed by atoms with E-state index in [2.05, 4.69) is 39.8 Å². The fourth-order valence-electron chi connectivity index (χ4n) is 2.61. The van der Waals surface area contributed by atoms with Gasteiger partial charge in [-0.05, 0) is 83.1 Å². The van der Waals surface area contributed by atoms with Crippen LogP contribution in [0.15, 0.2) is 47.6 Å². The number of carbonyl (C=O) groups excluding carboxylic acids is 1. The molecule has 1 rings (SSSR count). The number of carbonyl (C=O) groups is 1. The second-order valence-electron chi connectivity index (χ2n) is 7.21. The first-order valence-corrected chi connectivity index (χ1v) is 9.52. The van der Waals surface area contributed by atoms with E-state index >= 15 is 0 Å². The third-order valence-corrected chi connectivity index (χ3v) is 4.41. The zero-order valence-electron chi connectivity index (χ0n) is 17.0. The third-order valence-electron chi connectivity index (χ3n) is 4.41. The Morgan fingerprint density at radius 3 is 2.35 bits per heavy atom. The molecule has 1 aromatic rings. The van der Waals surface area contributed by atoms with Crippen LogP contribution in [0, 0.1) is 5.92 Å². The van der Waals surface area contributed by atoms with Crippen LogP contribution < -0.4 is 4.74 Å². The Hall–Kier alpha value is -2.03. The smallest absolute Gasteiger partial charge is 0.338 e. The molecule has 0 amide bonds.